The Bertz CT molecular complexity index is 620. The number of carboxylic acids is 1. The van der Waals surface area contributed by atoms with Crippen LogP contribution in [0.4, 0.5) is 0 Å². The lowest BCUT2D eigenvalue weighted by Gasteiger charge is -2.15. The first-order valence-corrected chi connectivity index (χ1v) is 6.64. The molecule has 0 amide bonds. The number of aryl methyl sites for hydroxylation is 1. The van der Waals surface area contributed by atoms with Crippen LogP contribution in [0.1, 0.15) is 34.6 Å². The summed E-state index contributed by atoms with van der Waals surface area (Å²) in [5, 5.41) is 16.4. The van der Waals surface area contributed by atoms with Crippen LogP contribution in [0.5, 0.6) is 5.75 Å². The van der Waals surface area contributed by atoms with Crippen LogP contribution in [0.25, 0.3) is 0 Å². The van der Waals surface area contributed by atoms with Crippen LogP contribution in [-0.2, 0) is 13.6 Å². The van der Waals surface area contributed by atoms with Crippen molar-refractivity contribution in [2.24, 2.45) is 7.05 Å². The van der Waals surface area contributed by atoms with E-state index in [0.29, 0.717) is 12.2 Å². The summed E-state index contributed by atoms with van der Waals surface area (Å²) in [7, 11) is 3.37. The molecule has 1 unspecified atom stereocenters. The molecule has 6 nitrogen and oxygen atoms in total. The van der Waals surface area contributed by atoms with Crippen molar-refractivity contribution in [3.63, 3.8) is 0 Å². The first-order chi connectivity index (χ1) is 10.0. The summed E-state index contributed by atoms with van der Waals surface area (Å²) in [5.41, 5.74) is 1.99. The van der Waals surface area contributed by atoms with Gasteiger partial charge < -0.3 is 15.2 Å². The molecule has 21 heavy (non-hydrogen) atoms. The van der Waals surface area contributed by atoms with Gasteiger partial charge in [-0.1, -0.05) is 12.1 Å². The first kappa shape index (κ1) is 15.1. The molecule has 0 spiro atoms. The molecule has 0 bridgehead atoms. The summed E-state index contributed by atoms with van der Waals surface area (Å²) >= 11 is 0. The molecule has 0 aliphatic heterocycles. The van der Waals surface area contributed by atoms with Crippen LogP contribution in [-0.4, -0.2) is 28.0 Å². The number of carbonyl (C=O) groups is 1. The van der Waals surface area contributed by atoms with Gasteiger partial charge in [0.2, 0.25) is 0 Å². The topological polar surface area (TPSA) is 76.4 Å². The van der Waals surface area contributed by atoms with Gasteiger partial charge in [-0.05, 0) is 24.6 Å². The molecule has 0 aliphatic carbocycles. The van der Waals surface area contributed by atoms with Gasteiger partial charge in [0, 0.05) is 19.6 Å². The largest absolute Gasteiger partial charge is 0.497 e. The second kappa shape index (κ2) is 6.41. The fourth-order valence-corrected chi connectivity index (χ4v) is 2.11. The number of aromatic nitrogens is 2. The summed E-state index contributed by atoms with van der Waals surface area (Å²) in [4.78, 5) is 11.1. The van der Waals surface area contributed by atoms with Gasteiger partial charge in [0.1, 0.15) is 11.3 Å². The second-order valence-corrected chi connectivity index (χ2v) is 4.81. The van der Waals surface area contributed by atoms with Crippen LogP contribution in [0.15, 0.2) is 30.5 Å². The minimum Gasteiger partial charge on any atom is -0.497 e. The van der Waals surface area contributed by atoms with Crippen LogP contribution in [0.2, 0.25) is 0 Å². The van der Waals surface area contributed by atoms with Gasteiger partial charge in [-0.25, -0.2) is 4.79 Å². The molecule has 1 atom stereocenters. The lowest BCUT2D eigenvalue weighted by Crippen LogP contribution is -2.21. The molecular formula is C15H19N3O3. The Morgan fingerprint density at radius 3 is 2.67 bits per heavy atom. The highest BCUT2D eigenvalue weighted by Crippen LogP contribution is 2.18. The zero-order valence-corrected chi connectivity index (χ0v) is 12.3. The number of nitrogens with zero attached hydrogens (tertiary/aromatic N) is 2. The van der Waals surface area contributed by atoms with E-state index in [9.17, 15) is 4.79 Å². The Hall–Kier alpha value is -2.34. The SMILES string of the molecule is COc1ccc(C(C)NCc2c(C(=O)O)cnn2C)cc1. The van der Waals surface area contributed by atoms with E-state index in [1.165, 1.54) is 6.20 Å². The molecule has 0 aliphatic rings. The van der Waals surface area contributed by atoms with Gasteiger partial charge in [0.05, 0.1) is 19.0 Å². The summed E-state index contributed by atoms with van der Waals surface area (Å²) in [6.07, 6.45) is 1.37. The van der Waals surface area contributed by atoms with E-state index in [4.69, 9.17) is 9.84 Å². The van der Waals surface area contributed by atoms with Crippen molar-refractivity contribution >= 4 is 5.97 Å². The molecule has 1 aromatic heterocycles. The smallest absolute Gasteiger partial charge is 0.339 e. The quantitative estimate of drug-likeness (QED) is 0.850. The number of nitrogens with one attached hydrogen (secondary N) is 1. The predicted molar refractivity (Wildman–Crippen MR) is 78.4 cm³/mol. The van der Waals surface area contributed by atoms with Crippen molar-refractivity contribution in [2.45, 2.75) is 19.5 Å². The Labute approximate surface area is 123 Å². The molecule has 2 aromatic rings. The van der Waals surface area contributed by atoms with E-state index < -0.39 is 5.97 Å². The Balaban J connectivity index is 2.05. The number of aromatic carboxylic acids is 1. The first-order valence-electron chi connectivity index (χ1n) is 6.64. The molecular weight excluding hydrogens is 270 g/mol. The maximum Gasteiger partial charge on any atom is 0.339 e. The van der Waals surface area contributed by atoms with Crippen molar-refractivity contribution in [2.75, 3.05) is 7.11 Å². The van der Waals surface area contributed by atoms with Gasteiger partial charge in [0.15, 0.2) is 0 Å². The molecule has 1 heterocycles. The standard InChI is InChI=1S/C15H19N3O3/c1-10(11-4-6-12(21-3)7-5-11)16-9-14-13(15(19)20)8-17-18(14)2/h4-8,10,16H,9H2,1-3H3,(H,19,20). The van der Waals surface area contributed by atoms with Gasteiger partial charge in [-0.15, -0.1) is 0 Å². The van der Waals surface area contributed by atoms with Crippen molar-refractivity contribution in [3.05, 3.63) is 47.3 Å². The number of hydrogen-bond donors (Lipinski definition) is 2. The highest BCUT2D eigenvalue weighted by atomic mass is 16.5. The number of carboxylic acid groups (broad SMARTS) is 1. The minimum absolute atomic E-state index is 0.0902. The van der Waals surface area contributed by atoms with E-state index in [0.717, 1.165) is 11.3 Å². The molecule has 2 rings (SSSR count). The third-order valence-electron chi connectivity index (χ3n) is 3.48. The van der Waals surface area contributed by atoms with Crippen LogP contribution in [0.3, 0.4) is 0 Å². The van der Waals surface area contributed by atoms with E-state index in [-0.39, 0.29) is 11.6 Å². The van der Waals surface area contributed by atoms with Crippen molar-refractivity contribution in [1.82, 2.24) is 15.1 Å². The number of benzene rings is 1. The van der Waals surface area contributed by atoms with Crippen LogP contribution >= 0.6 is 0 Å². The minimum atomic E-state index is -0.961. The molecule has 1 aromatic carbocycles. The Morgan fingerprint density at radius 2 is 2.10 bits per heavy atom. The maximum absolute atomic E-state index is 11.1. The second-order valence-electron chi connectivity index (χ2n) is 4.81. The molecule has 112 valence electrons. The van der Waals surface area contributed by atoms with Crippen LogP contribution in [0, 0.1) is 0 Å². The van der Waals surface area contributed by atoms with E-state index in [1.54, 1.807) is 18.8 Å². The van der Waals surface area contributed by atoms with E-state index in [2.05, 4.69) is 10.4 Å². The Kier molecular flexibility index (Phi) is 4.59. The van der Waals surface area contributed by atoms with Crippen LogP contribution < -0.4 is 10.1 Å². The Morgan fingerprint density at radius 1 is 1.43 bits per heavy atom. The van der Waals surface area contributed by atoms with Crippen molar-refractivity contribution in [3.8, 4) is 5.75 Å². The summed E-state index contributed by atoms with van der Waals surface area (Å²) < 4.78 is 6.71. The summed E-state index contributed by atoms with van der Waals surface area (Å²) in [6.45, 7) is 2.46. The third-order valence-corrected chi connectivity index (χ3v) is 3.48. The predicted octanol–water partition coefficient (Wildman–Crippen LogP) is 1.98. The highest BCUT2D eigenvalue weighted by Gasteiger charge is 2.15. The molecule has 2 N–H and O–H groups in total. The van der Waals surface area contributed by atoms with Gasteiger partial charge >= 0.3 is 5.97 Å². The third kappa shape index (κ3) is 3.41. The monoisotopic (exact) mass is 289 g/mol. The van der Waals surface area contributed by atoms with E-state index in [1.807, 2.05) is 31.2 Å². The zero-order chi connectivity index (χ0) is 15.4. The molecule has 0 radical (unpaired) electrons. The molecule has 0 fully saturated rings. The normalized spacial score (nSPS) is 12.1. The zero-order valence-electron chi connectivity index (χ0n) is 12.3. The van der Waals surface area contributed by atoms with Gasteiger partial charge in [0.25, 0.3) is 0 Å². The average Bonchev–Trinajstić information content (AvgIpc) is 2.86. The lowest BCUT2D eigenvalue weighted by atomic mass is 10.1. The lowest BCUT2D eigenvalue weighted by molar-refractivity contribution is 0.0695. The fourth-order valence-electron chi connectivity index (χ4n) is 2.11. The number of methoxy groups -OCH3 is 1. The number of ether oxygens (including phenoxy) is 1. The van der Waals surface area contributed by atoms with Gasteiger partial charge in [-0.3, -0.25) is 4.68 Å². The fraction of sp³-hybridized carbons (Fsp3) is 0.333. The molecule has 0 saturated carbocycles. The summed E-state index contributed by atoms with van der Waals surface area (Å²) in [5.74, 6) is -0.150. The number of hydrogen-bond acceptors (Lipinski definition) is 4. The maximum atomic E-state index is 11.1. The number of rotatable bonds is 6. The molecule has 6 heteroatoms. The summed E-state index contributed by atoms with van der Waals surface area (Å²) in [6, 6.07) is 7.86. The highest BCUT2D eigenvalue weighted by molar-refractivity contribution is 5.88. The van der Waals surface area contributed by atoms with Gasteiger partial charge in [-0.2, -0.15) is 5.10 Å². The van der Waals surface area contributed by atoms with E-state index >= 15 is 0 Å². The van der Waals surface area contributed by atoms with Crippen molar-refractivity contribution < 1.29 is 14.6 Å². The average molecular weight is 289 g/mol. The molecule has 0 saturated heterocycles. The van der Waals surface area contributed by atoms with Crippen molar-refractivity contribution in [1.29, 1.82) is 0 Å².